The van der Waals surface area contributed by atoms with Crippen molar-refractivity contribution in [3.05, 3.63) is 23.1 Å². The number of hydrogen-bond acceptors (Lipinski definition) is 2. The molecular formula is C6H8O3S. The van der Waals surface area contributed by atoms with Crippen LogP contribution >= 0.6 is 0 Å². The number of rotatable bonds is 1. The molecule has 0 saturated carbocycles. The van der Waals surface area contributed by atoms with E-state index in [-0.39, 0.29) is 4.91 Å². The Labute approximate surface area is 59.8 Å². The lowest BCUT2D eigenvalue weighted by Gasteiger charge is -2.01. The summed E-state index contributed by atoms with van der Waals surface area (Å²) in [6.07, 6.45) is 6.18. The van der Waals surface area contributed by atoms with Crippen molar-refractivity contribution < 1.29 is 13.0 Å². The van der Waals surface area contributed by atoms with Crippen LogP contribution in [-0.2, 0) is 10.1 Å². The van der Waals surface area contributed by atoms with Gasteiger partial charge in [0.05, 0.1) is 4.91 Å². The summed E-state index contributed by atoms with van der Waals surface area (Å²) in [7, 11) is -3.95. The first-order valence-corrected chi connectivity index (χ1v) is 4.39. The van der Waals surface area contributed by atoms with E-state index in [0.29, 0.717) is 6.42 Å². The zero-order valence-electron chi connectivity index (χ0n) is 5.32. The molecule has 0 aromatic carbocycles. The van der Waals surface area contributed by atoms with E-state index in [2.05, 4.69) is 0 Å². The molecule has 0 heterocycles. The first-order valence-electron chi connectivity index (χ1n) is 2.95. The Kier molecular flexibility index (Phi) is 1.92. The third-order valence-electron chi connectivity index (χ3n) is 1.26. The quantitative estimate of drug-likeness (QED) is 0.584. The van der Waals surface area contributed by atoms with Gasteiger partial charge >= 0.3 is 0 Å². The Morgan fingerprint density at radius 3 is 2.40 bits per heavy atom. The predicted octanol–water partition coefficient (Wildman–Crippen LogP) is 1.11. The average Bonchev–Trinajstić information content (AvgIpc) is 1.88. The van der Waals surface area contributed by atoms with Crippen molar-refractivity contribution in [1.29, 1.82) is 0 Å². The Morgan fingerprint density at radius 1 is 1.40 bits per heavy atom. The minimum absolute atomic E-state index is 0.0127. The van der Waals surface area contributed by atoms with E-state index in [9.17, 15) is 8.42 Å². The molecule has 3 nitrogen and oxygen atoms in total. The Balaban J connectivity index is 2.94. The number of allylic oxidation sites excluding steroid dienone is 3. The van der Waals surface area contributed by atoms with Gasteiger partial charge in [-0.15, -0.1) is 0 Å². The lowest BCUT2D eigenvalue weighted by Crippen LogP contribution is -2.00. The molecule has 56 valence electrons. The van der Waals surface area contributed by atoms with Crippen molar-refractivity contribution in [3.8, 4) is 0 Å². The highest BCUT2D eigenvalue weighted by Gasteiger charge is 2.10. The maximum Gasteiger partial charge on any atom is 0.294 e. The van der Waals surface area contributed by atoms with Gasteiger partial charge < -0.3 is 0 Å². The molecule has 1 aliphatic carbocycles. The molecular weight excluding hydrogens is 152 g/mol. The van der Waals surface area contributed by atoms with E-state index in [1.54, 1.807) is 6.08 Å². The van der Waals surface area contributed by atoms with Crippen molar-refractivity contribution >= 4 is 10.1 Å². The van der Waals surface area contributed by atoms with Crippen LogP contribution in [0.1, 0.15) is 12.8 Å². The Morgan fingerprint density at radius 2 is 2.10 bits per heavy atom. The first-order chi connectivity index (χ1) is 4.61. The van der Waals surface area contributed by atoms with Gasteiger partial charge in [0.15, 0.2) is 0 Å². The Bertz CT molecular complexity index is 271. The van der Waals surface area contributed by atoms with E-state index < -0.39 is 10.1 Å². The van der Waals surface area contributed by atoms with Crippen molar-refractivity contribution in [3.63, 3.8) is 0 Å². The molecule has 0 fully saturated rings. The van der Waals surface area contributed by atoms with Crippen LogP contribution in [0.25, 0.3) is 0 Å². The van der Waals surface area contributed by atoms with Crippen molar-refractivity contribution in [2.75, 3.05) is 0 Å². The summed E-state index contributed by atoms with van der Waals surface area (Å²) in [4.78, 5) is 0.0127. The highest BCUT2D eigenvalue weighted by molar-refractivity contribution is 7.90. The summed E-state index contributed by atoms with van der Waals surface area (Å²) in [5.74, 6) is 0. The lowest BCUT2D eigenvalue weighted by molar-refractivity contribution is 0.492. The van der Waals surface area contributed by atoms with Crippen molar-refractivity contribution in [1.82, 2.24) is 0 Å². The van der Waals surface area contributed by atoms with Crippen LogP contribution in [0.2, 0.25) is 0 Å². The average molecular weight is 160 g/mol. The van der Waals surface area contributed by atoms with Crippen LogP contribution in [-0.4, -0.2) is 13.0 Å². The van der Waals surface area contributed by atoms with E-state index in [0.717, 1.165) is 6.42 Å². The first kappa shape index (κ1) is 7.50. The van der Waals surface area contributed by atoms with Crippen molar-refractivity contribution in [2.24, 2.45) is 0 Å². The molecule has 0 aliphatic heterocycles. The van der Waals surface area contributed by atoms with Gasteiger partial charge in [0.2, 0.25) is 0 Å². The largest absolute Gasteiger partial charge is 0.294 e. The summed E-state index contributed by atoms with van der Waals surface area (Å²) in [5.41, 5.74) is 0. The molecule has 0 bridgehead atoms. The van der Waals surface area contributed by atoms with Crippen LogP contribution in [0.3, 0.4) is 0 Å². The number of hydrogen-bond donors (Lipinski definition) is 1. The summed E-state index contributed by atoms with van der Waals surface area (Å²) in [6.45, 7) is 0. The summed E-state index contributed by atoms with van der Waals surface area (Å²) < 4.78 is 29.3. The molecule has 0 radical (unpaired) electrons. The van der Waals surface area contributed by atoms with E-state index >= 15 is 0 Å². The molecule has 1 N–H and O–H groups in total. The molecule has 0 atom stereocenters. The SMILES string of the molecule is O=S(=O)(O)C1=CCCC=C1. The van der Waals surface area contributed by atoms with Gasteiger partial charge in [-0.3, -0.25) is 4.55 Å². The third kappa shape index (κ3) is 1.68. The van der Waals surface area contributed by atoms with Gasteiger partial charge in [-0.05, 0) is 18.9 Å². The van der Waals surface area contributed by atoms with Gasteiger partial charge in [-0.25, -0.2) is 0 Å². The molecule has 0 aromatic rings. The van der Waals surface area contributed by atoms with Crippen LogP contribution in [0.5, 0.6) is 0 Å². The normalized spacial score (nSPS) is 18.7. The second-order valence-electron chi connectivity index (χ2n) is 2.06. The summed E-state index contributed by atoms with van der Waals surface area (Å²) in [5, 5.41) is 0. The molecule has 0 saturated heterocycles. The molecule has 0 amide bonds. The molecule has 1 aliphatic rings. The van der Waals surface area contributed by atoms with E-state index in [4.69, 9.17) is 4.55 Å². The molecule has 0 aromatic heterocycles. The zero-order chi connectivity index (χ0) is 7.61. The lowest BCUT2D eigenvalue weighted by atomic mass is 10.2. The fourth-order valence-corrected chi connectivity index (χ4v) is 1.38. The smallest absolute Gasteiger partial charge is 0.282 e. The predicted molar refractivity (Wildman–Crippen MR) is 38.0 cm³/mol. The minimum atomic E-state index is -3.95. The highest BCUT2D eigenvalue weighted by Crippen LogP contribution is 2.13. The maximum atomic E-state index is 10.4. The zero-order valence-corrected chi connectivity index (χ0v) is 6.13. The van der Waals surface area contributed by atoms with E-state index in [1.807, 2.05) is 0 Å². The summed E-state index contributed by atoms with van der Waals surface area (Å²) in [6, 6.07) is 0. The fourth-order valence-electron chi connectivity index (χ4n) is 0.781. The molecule has 1 rings (SSSR count). The highest BCUT2D eigenvalue weighted by atomic mass is 32.2. The second kappa shape index (κ2) is 2.56. The van der Waals surface area contributed by atoms with Gasteiger partial charge in [0, 0.05) is 0 Å². The summed E-state index contributed by atoms with van der Waals surface area (Å²) >= 11 is 0. The van der Waals surface area contributed by atoms with Crippen LogP contribution < -0.4 is 0 Å². The molecule has 0 spiro atoms. The van der Waals surface area contributed by atoms with Crippen molar-refractivity contribution in [2.45, 2.75) is 12.8 Å². The Hall–Kier alpha value is -0.610. The maximum absolute atomic E-state index is 10.4. The standard InChI is InChI=1S/C6H8O3S/c7-10(8,9)6-4-2-1-3-5-6/h2,4-5H,1,3H2,(H,7,8,9). The third-order valence-corrected chi connectivity index (χ3v) is 2.16. The minimum Gasteiger partial charge on any atom is -0.282 e. The monoisotopic (exact) mass is 160 g/mol. The second-order valence-corrected chi connectivity index (χ2v) is 3.48. The molecule has 4 heteroatoms. The topological polar surface area (TPSA) is 54.4 Å². The molecule has 0 unspecified atom stereocenters. The molecule has 10 heavy (non-hydrogen) atoms. The van der Waals surface area contributed by atoms with Crippen LogP contribution in [0.4, 0.5) is 0 Å². The van der Waals surface area contributed by atoms with Gasteiger partial charge in [0.1, 0.15) is 0 Å². The van der Waals surface area contributed by atoms with Crippen LogP contribution in [0, 0.1) is 0 Å². The van der Waals surface area contributed by atoms with E-state index in [1.165, 1.54) is 12.2 Å². The fraction of sp³-hybridized carbons (Fsp3) is 0.333. The van der Waals surface area contributed by atoms with Gasteiger partial charge in [0.25, 0.3) is 10.1 Å². The van der Waals surface area contributed by atoms with Crippen LogP contribution in [0.15, 0.2) is 23.1 Å². The van der Waals surface area contributed by atoms with Gasteiger partial charge in [-0.1, -0.05) is 12.2 Å². The van der Waals surface area contributed by atoms with Gasteiger partial charge in [-0.2, -0.15) is 8.42 Å².